The Morgan fingerprint density at radius 3 is 2.52 bits per heavy atom. The van der Waals surface area contributed by atoms with Crippen LogP contribution in [0.3, 0.4) is 0 Å². The van der Waals surface area contributed by atoms with Crippen molar-refractivity contribution in [3.05, 3.63) is 48.2 Å². The molecule has 0 unspecified atom stereocenters. The van der Waals surface area contributed by atoms with E-state index in [1.54, 1.807) is 38.4 Å². The monoisotopic (exact) mass is 454 g/mol. The minimum Gasteiger partial charge on any atom is -0.357 e. The maximum absolute atomic E-state index is 13.5. The molecule has 0 spiro atoms. The summed E-state index contributed by atoms with van der Waals surface area (Å²) < 4.78 is 25.3. The van der Waals surface area contributed by atoms with Gasteiger partial charge in [0.1, 0.15) is 5.82 Å². The number of aromatic nitrogens is 4. The van der Waals surface area contributed by atoms with Gasteiger partial charge in [0.25, 0.3) is 0 Å². The topological polar surface area (TPSA) is 114 Å². The van der Waals surface area contributed by atoms with E-state index in [4.69, 9.17) is 14.5 Å². The average Bonchev–Trinajstić information content (AvgIpc) is 3.25. The lowest BCUT2D eigenvalue weighted by molar-refractivity contribution is -0.231. The van der Waals surface area contributed by atoms with Crippen molar-refractivity contribution >= 4 is 11.9 Å². The highest BCUT2D eigenvalue weighted by molar-refractivity contribution is 5.83. The molecule has 0 bridgehead atoms. The van der Waals surface area contributed by atoms with E-state index >= 15 is 0 Å². The maximum atomic E-state index is 13.5. The predicted octanol–water partition coefficient (Wildman–Crippen LogP) is 3.29. The first-order chi connectivity index (χ1) is 15.8. The number of carbonyl (C=O) groups is 1. The predicted molar refractivity (Wildman–Crippen MR) is 121 cm³/mol. The molecule has 1 aliphatic rings. The number of aromatic amines is 1. The summed E-state index contributed by atoms with van der Waals surface area (Å²) in [6.07, 6.45) is 0.846. The zero-order chi connectivity index (χ0) is 23.6. The Labute approximate surface area is 191 Å². The van der Waals surface area contributed by atoms with Gasteiger partial charge in [-0.1, -0.05) is 0 Å². The molecular formula is C23H27FN6O3. The van der Waals surface area contributed by atoms with Crippen LogP contribution in [0.15, 0.2) is 36.5 Å². The lowest BCUT2D eigenvalue weighted by Crippen LogP contribution is -2.50. The van der Waals surface area contributed by atoms with Crippen molar-refractivity contribution in [2.24, 2.45) is 5.41 Å². The highest BCUT2D eigenvalue weighted by Gasteiger charge is 2.41. The van der Waals surface area contributed by atoms with Gasteiger partial charge in [-0.25, -0.2) is 19.3 Å². The molecule has 1 aromatic carbocycles. The van der Waals surface area contributed by atoms with Crippen molar-refractivity contribution < 1.29 is 18.7 Å². The smallest absolute Gasteiger partial charge is 0.230 e. The zero-order valence-corrected chi connectivity index (χ0v) is 19.0. The van der Waals surface area contributed by atoms with Gasteiger partial charge < -0.3 is 25.1 Å². The third-order valence-electron chi connectivity index (χ3n) is 5.27. The molecule has 0 saturated carbocycles. The van der Waals surface area contributed by atoms with Crippen molar-refractivity contribution in [2.75, 3.05) is 25.6 Å². The number of benzene rings is 1. The Bertz CT molecular complexity index is 1120. The van der Waals surface area contributed by atoms with Crippen LogP contribution < -0.4 is 10.6 Å². The summed E-state index contributed by atoms with van der Waals surface area (Å²) in [5, 5.41) is 5.82. The summed E-state index contributed by atoms with van der Waals surface area (Å²) in [6, 6.07) is 7.82. The molecule has 9 nitrogen and oxygen atoms in total. The van der Waals surface area contributed by atoms with Crippen LogP contribution in [0, 0.1) is 11.2 Å². The van der Waals surface area contributed by atoms with Crippen LogP contribution in [0.4, 0.5) is 10.3 Å². The second kappa shape index (κ2) is 9.24. The molecule has 1 amide bonds. The summed E-state index contributed by atoms with van der Waals surface area (Å²) in [4.78, 5) is 29.1. The second-order valence-electron chi connectivity index (χ2n) is 8.51. The SMILES string of the molecule is CNc1nccc(-c2[nH]c(C3OCC(C)(C(=O)NC(C)C)CO3)nc2-c2ccc(F)cc2)n1. The molecule has 1 fully saturated rings. The number of nitrogens with zero attached hydrogens (tertiary/aromatic N) is 3. The van der Waals surface area contributed by atoms with E-state index < -0.39 is 11.7 Å². The molecule has 10 heteroatoms. The van der Waals surface area contributed by atoms with E-state index in [0.717, 1.165) is 0 Å². The van der Waals surface area contributed by atoms with Crippen molar-refractivity contribution in [3.8, 4) is 22.6 Å². The zero-order valence-electron chi connectivity index (χ0n) is 19.0. The number of ether oxygens (including phenoxy) is 2. The van der Waals surface area contributed by atoms with Crippen molar-refractivity contribution in [3.63, 3.8) is 0 Å². The molecule has 0 radical (unpaired) electrons. The molecule has 2 aromatic heterocycles. The summed E-state index contributed by atoms with van der Waals surface area (Å²) in [5.74, 6) is 0.420. The van der Waals surface area contributed by atoms with E-state index in [0.29, 0.717) is 34.4 Å². The van der Waals surface area contributed by atoms with E-state index in [2.05, 4.69) is 25.6 Å². The Balaban J connectivity index is 1.65. The molecule has 0 aliphatic carbocycles. The van der Waals surface area contributed by atoms with Gasteiger partial charge in [-0.3, -0.25) is 4.79 Å². The lowest BCUT2D eigenvalue weighted by atomic mass is 9.90. The Morgan fingerprint density at radius 2 is 1.88 bits per heavy atom. The first kappa shape index (κ1) is 22.8. The van der Waals surface area contributed by atoms with Crippen LogP contribution in [-0.4, -0.2) is 52.1 Å². The number of amides is 1. The fourth-order valence-corrected chi connectivity index (χ4v) is 3.46. The highest BCUT2D eigenvalue weighted by Crippen LogP contribution is 2.35. The normalized spacial score (nSPS) is 20.6. The van der Waals surface area contributed by atoms with Crippen LogP contribution in [0.1, 0.15) is 32.9 Å². The second-order valence-corrected chi connectivity index (χ2v) is 8.51. The molecule has 3 N–H and O–H groups in total. The largest absolute Gasteiger partial charge is 0.357 e. The summed E-state index contributed by atoms with van der Waals surface area (Å²) in [6.45, 7) is 5.97. The maximum Gasteiger partial charge on any atom is 0.230 e. The Morgan fingerprint density at radius 1 is 1.18 bits per heavy atom. The quantitative estimate of drug-likeness (QED) is 0.524. The molecule has 4 rings (SSSR count). The van der Waals surface area contributed by atoms with Gasteiger partial charge in [-0.05, 0) is 51.1 Å². The minimum absolute atomic E-state index is 0.0216. The van der Waals surface area contributed by atoms with Gasteiger partial charge in [0.2, 0.25) is 18.1 Å². The number of rotatable bonds is 6. The fraction of sp³-hybridized carbons (Fsp3) is 0.391. The number of hydrogen-bond acceptors (Lipinski definition) is 7. The van der Waals surface area contributed by atoms with Gasteiger partial charge in [0.05, 0.1) is 35.7 Å². The van der Waals surface area contributed by atoms with Crippen molar-refractivity contribution in [2.45, 2.75) is 33.1 Å². The van der Waals surface area contributed by atoms with Gasteiger partial charge in [-0.2, -0.15) is 0 Å². The molecule has 0 atom stereocenters. The number of anilines is 1. The molecule has 3 aromatic rings. The van der Waals surface area contributed by atoms with Gasteiger partial charge >= 0.3 is 0 Å². The lowest BCUT2D eigenvalue weighted by Gasteiger charge is -2.35. The molecule has 174 valence electrons. The standard InChI is InChI=1S/C23H27FN6O3/c1-13(2)27-21(31)23(3)11-32-20(33-12-23)19-29-17(14-5-7-15(24)8-6-14)18(30-19)16-9-10-26-22(25-4)28-16/h5-10,13,20H,11-12H2,1-4H3,(H,27,31)(H,29,30)(H,25,26,28). The third-order valence-corrected chi connectivity index (χ3v) is 5.27. The van der Waals surface area contributed by atoms with Crippen LogP contribution in [0.25, 0.3) is 22.6 Å². The number of halogens is 1. The Hall–Kier alpha value is -3.37. The summed E-state index contributed by atoms with van der Waals surface area (Å²) >= 11 is 0. The van der Waals surface area contributed by atoms with Crippen LogP contribution >= 0.6 is 0 Å². The van der Waals surface area contributed by atoms with Gasteiger partial charge in [0, 0.05) is 24.8 Å². The first-order valence-electron chi connectivity index (χ1n) is 10.7. The number of hydrogen-bond donors (Lipinski definition) is 3. The third kappa shape index (κ3) is 4.86. The summed E-state index contributed by atoms with van der Waals surface area (Å²) in [7, 11) is 1.73. The van der Waals surface area contributed by atoms with Crippen LogP contribution in [0.2, 0.25) is 0 Å². The van der Waals surface area contributed by atoms with E-state index in [1.807, 2.05) is 13.8 Å². The molecule has 1 saturated heterocycles. The van der Waals surface area contributed by atoms with E-state index in [-0.39, 0.29) is 31.0 Å². The number of H-pyrrole nitrogens is 1. The van der Waals surface area contributed by atoms with Crippen molar-refractivity contribution in [1.29, 1.82) is 0 Å². The van der Waals surface area contributed by atoms with Gasteiger partial charge in [0.15, 0.2) is 5.82 Å². The molecular weight excluding hydrogens is 427 g/mol. The average molecular weight is 455 g/mol. The number of imidazole rings is 1. The van der Waals surface area contributed by atoms with Crippen LogP contribution in [0.5, 0.6) is 0 Å². The fourth-order valence-electron chi connectivity index (χ4n) is 3.46. The van der Waals surface area contributed by atoms with E-state index in [9.17, 15) is 9.18 Å². The summed E-state index contributed by atoms with van der Waals surface area (Å²) in [5.41, 5.74) is 1.70. The minimum atomic E-state index is -0.801. The number of carbonyl (C=O) groups excluding carboxylic acids is 1. The highest BCUT2D eigenvalue weighted by atomic mass is 19.1. The van der Waals surface area contributed by atoms with E-state index in [1.165, 1.54) is 12.1 Å². The Kier molecular flexibility index (Phi) is 6.39. The first-order valence-corrected chi connectivity index (χ1v) is 10.7. The number of nitrogens with one attached hydrogen (secondary N) is 3. The molecule has 33 heavy (non-hydrogen) atoms. The molecule has 1 aliphatic heterocycles. The van der Waals surface area contributed by atoms with Crippen molar-refractivity contribution in [1.82, 2.24) is 25.3 Å². The van der Waals surface area contributed by atoms with Crippen LogP contribution in [-0.2, 0) is 14.3 Å². The molecule has 3 heterocycles. The van der Waals surface area contributed by atoms with Gasteiger partial charge in [-0.15, -0.1) is 0 Å².